The minimum atomic E-state index is -0.213. The lowest BCUT2D eigenvalue weighted by molar-refractivity contribution is -0.176. The summed E-state index contributed by atoms with van der Waals surface area (Å²) < 4.78 is 5.29. The number of ether oxygens (including phenoxy) is 1. The molecule has 0 amide bonds. The third-order valence-electron chi connectivity index (χ3n) is 3.33. The summed E-state index contributed by atoms with van der Waals surface area (Å²) in [6.07, 6.45) is 4.73. The molecule has 4 nitrogen and oxygen atoms in total. The van der Waals surface area contributed by atoms with Gasteiger partial charge in [-0.1, -0.05) is 58.2 Å². The number of hydrogen-bond acceptors (Lipinski definition) is 4. The SMILES string of the molecule is CC(C)CCCC(C)CCOC(=O)c1ccccc1.OO. The van der Waals surface area contributed by atoms with Crippen molar-refractivity contribution in [2.45, 2.75) is 46.5 Å². The molecule has 1 atom stereocenters. The van der Waals surface area contributed by atoms with E-state index in [1.165, 1.54) is 19.3 Å². The van der Waals surface area contributed by atoms with E-state index < -0.39 is 0 Å². The first-order valence-electron chi connectivity index (χ1n) is 7.51. The zero-order valence-corrected chi connectivity index (χ0v) is 13.3. The molecule has 1 rings (SSSR count). The van der Waals surface area contributed by atoms with Gasteiger partial charge in [-0.2, -0.15) is 0 Å². The Morgan fingerprint density at radius 2 is 1.67 bits per heavy atom. The van der Waals surface area contributed by atoms with Crippen LogP contribution in [0.4, 0.5) is 0 Å². The second kappa shape index (κ2) is 12.4. The highest BCUT2D eigenvalue weighted by molar-refractivity contribution is 5.89. The molecule has 0 spiro atoms. The maximum atomic E-state index is 11.7. The minimum absolute atomic E-state index is 0.213. The van der Waals surface area contributed by atoms with E-state index in [1.54, 1.807) is 12.1 Å². The first-order chi connectivity index (χ1) is 10.1. The van der Waals surface area contributed by atoms with Crippen LogP contribution in [-0.4, -0.2) is 23.1 Å². The van der Waals surface area contributed by atoms with Gasteiger partial charge in [0.1, 0.15) is 0 Å². The summed E-state index contributed by atoms with van der Waals surface area (Å²) in [6, 6.07) is 9.17. The molecule has 0 saturated carbocycles. The van der Waals surface area contributed by atoms with Crippen LogP contribution in [0.25, 0.3) is 0 Å². The van der Waals surface area contributed by atoms with Gasteiger partial charge in [-0.3, -0.25) is 10.5 Å². The van der Waals surface area contributed by atoms with Crippen molar-refractivity contribution in [3.63, 3.8) is 0 Å². The van der Waals surface area contributed by atoms with Gasteiger partial charge in [0.2, 0.25) is 0 Å². The van der Waals surface area contributed by atoms with Gasteiger partial charge in [0.15, 0.2) is 0 Å². The zero-order chi connectivity index (χ0) is 16.1. The molecule has 0 fully saturated rings. The van der Waals surface area contributed by atoms with Gasteiger partial charge in [-0.15, -0.1) is 0 Å². The van der Waals surface area contributed by atoms with Crippen molar-refractivity contribution in [2.24, 2.45) is 11.8 Å². The molecule has 4 heteroatoms. The van der Waals surface area contributed by atoms with Crippen LogP contribution in [0.3, 0.4) is 0 Å². The van der Waals surface area contributed by atoms with Crippen molar-refractivity contribution in [3.05, 3.63) is 35.9 Å². The van der Waals surface area contributed by atoms with Gasteiger partial charge < -0.3 is 4.74 Å². The summed E-state index contributed by atoms with van der Waals surface area (Å²) >= 11 is 0. The van der Waals surface area contributed by atoms with E-state index in [4.69, 9.17) is 15.3 Å². The van der Waals surface area contributed by atoms with Crippen molar-refractivity contribution >= 4 is 5.97 Å². The first kappa shape index (κ1) is 19.6. The van der Waals surface area contributed by atoms with E-state index in [-0.39, 0.29) is 5.97 Å². The lowest BCUT2D eigenvalue weighted by Gasteiger charge is -2.12. The smallest absolute Gasteiger partial charge is 0.338 e. The molecule has 0 heterocycles. The van der Waals surface area contributed by atoms with Gasteiger partial charge in [0.05, 0.1) is 12.2 Å². The summed E-state index contributed by atoms with van der Waals surface area (Å²) in [5, 5.41) is 12.0. The van der Waals surface area contributed by atoms with Crippen LogP contribution in [0, 0.1) is 11.8 Å². The molecule has 1 aromatic carbocycles. The molecule has 0 aromatic heterocycles. The molecule has 0 radical (unpaired) electrons. The van der Waals surface area contributed by atoms with E-state index in [1.807, 2.05) is 18.2 Å². The molecule has 1 unspecified atom stereocenters. The fourth-order valence-corrected chi connectivity index (χ4v) is 2.03. The standard InChI is InChI=1S/C17H26O2.H2O2/c1-14(2)8-7-9-15(3)12-13-19-17(18)16-10-5-4-6-11-16;1-2/h4-6,10-11,14-15H,7-9,12-13H2,1-3H3;1-2H. The molecule has 0 aliphatic rings. The lowest BCUT2D eigenvalue weighted by Crippen LogP contribution is -2.09. The number of carbonyl (C=O) groups is 1. The minimum Gasteiger partial charge on any atom is -0.462 e. The Hall–Kier alpha value is -1.39. The number of carbonyl (C=O) groups excluding carboxylic acids is 1. The molecular formula is C17H28O4. The number of hydrogen-bond donors (Lipinski definition) is 2. The van der Waals surface area contributed by atoms with Crippen molar-refractivity contribution < 1.29 is 20.0 Å². The second-order valence-corrected chi connectivity index (χ2v) is 5.72. The van der Waals surface area contributed by atoms with Crippen molar-refractivity contribution in [3.8, 4) is 0 Å². The number of benzene rings is 1. The Balaban J connectivity index is 0.00000191. The molecule has 1 aromatic rings. The summed E-state index contributed by atoms with van der Waals surface area (Å²) in [5.74, 6) is 1.19. The summed E-state index contributed by atoms with van der Waals surface area (Å²) in [7, 11) is 0. The molecule has 0 aliphatic heterocycles. The topological polar surface area (TPSA) is 66.8 Å². The molecular weight excluding hydrogens is 268 g/mol. The van der Waals surface area contributed by atoms with E-state index in [2.05, 4.69) is 20.8 Å². The monoisotopic (exact) mass is 296 g/mol. The maximum absolute atomic E-state index is 11.7. The Kier molecular flexibility index (Phi) is 11.5. The fraction of sp³-hybridized carbons (Fsp3) is 0.588. The van der Waals surface area contributed by atoms with E-state index in [9.17, 15) is 4.79 Å². The van der Waals surface area contributed by atoms with Crippen LogP contribution >= 0.6 is 0 Å². The van der Waals surface area contributed by atoms with Crippen LogP contribution < -0.4 is 0 Å². The van der Waals surface area contributed by atoms with Crippen molar-refractivity contribution in [1.82, 2.24) is 0 Å². The number of rotatable bonds is 8. The fourth-order valence-electron chi connectivity index (χ4n) is 2.03. The lowest BCUT2D eigenvalue weighted by atomic mass is 9.98. The Labute approximate surface area is 127 Å². The summed E-state index contributed by atoms with van der Waals surface area (Å²) in [6.45, 7) is 7.27. The summed E-state index contributed by atoms with van der Waals surface area (Å²) in [4.78, 5) is 11.7. The van der Waals surface area contributed by atoms with Gasteiger partial charge in [-0.25, -0.2) is 4.79 Å². The van der Waals surface area contributed by atoms with Crippen LogP contribution in [0.15, 0.2) is 30.3 Å². The highest BCUT2D eigenvalue weighted by Crippen LogP contribution is 2.15. The van der Waals surface area contributed by atoms with Crippen molar-refractivity contribution in [1.29, 1.82) is 0 Å². The van der Waals surface area contributed by atoms with Gasteiger partial charge in [-0.05, 0) is 30.4 Å². The zero-order valence-electron chi connectivity index (χ0n) is 13.3. The van der Waals surface area contributed by atoms with Crippen LogP contribution in [0.2, 0.25) is 0 Å². The largest absolute Gasteiger partial charge is 0.462 e. The van der Waals surface area contributed by atoms with E-state index >= 15 is 0 Å². The Bertz CT molecular complexity index is 362. The first-order valence-corrected chi connectivity index (χ1v) is 7.51. The third kappa shape index (κ3) is 10.0. The predicted octanol–water partition coefficient (Wildman–Crippen LogP) is 4.71. The van der Waals surface area contributed by atoms with E-state index in [0.29, 0.717) is 18.1 Å². The second-order valence-electron chi connectivity index (χ2n) is 5.72. The van der Waals surface area contributed by atoms with Crippen LogP contribution in [-0.2, 0) is 4.74 Å². The highest BCUT2D eigenvalue weighted by atomic mass is 17.0. The van der Waals surface area contributed by atoms with Gasteiger partial charge in [0.25, 0.3) is 0 Å². The molecule has 0 aliphatic carbocycles. The Morgan fingerprint density at radius 3 is 2.24 bits per heavy atom. The average molecular weight is 296 g/mol. The Morgan fingerprint density at radius 1 is 1.05 bits per heavy atom. The maximum Gasteiger partial charge on any atom is 0.338 e. The molecule has 0 saturated heterocycles. The normalized spacial score (nSPS) is 11.5. The predicted molar refractivity (Wildman–Crippen MR) is 84.5 cm³/mol. The quantitative estimate of drug-likeness (QED) is 0.414. The number of esters is 1. The molecule has 21 heavy (non-hydrogen) atoms. The van der Waals surface area contributed by atoms with Crippen LogP contribution in [0.1, 0.15) is 56.8 Å². The molecule has 120 valence electrons. The van der Waals surface area contributed by atoms with Gasteiger partial charge in [0, 0.05) is 0 Å². The van der Waals surface area contributed by atoms with Gasteiger partial charge >= 0.3 is 5.97 Å². The molecule has 0 bridgehead atoms. The van der Waals surface area contributed by atoms with E-state index in [0.717, 1.165) is 12.3 Å². The third-order valence-corrected chi connectivity index (χ3v) is 3.33. The molecule has 2 N–H and O–H groups in total. The summed E-state index contributed by atoms with van der Waals surface area (Å²) in [5.41, 5.74) is 0.634. The average Bonchev–Trinajstić information content (AvgIpc) is 2.49. The van der Waals surface area contributed by atoms with Crippen molar-refractivity contribution in [2.75, 3.05) is 6.61 Å². The van der Waals surface area contributed by atoms with Crippen LogP contribution in [0.5, 0.6) is 0 Å². The highest BCUT2D eigenvalue weighted by Gasteiger charge is 2.08.